The number of fused-ring (bicyclic) bond motifs is 1. The second-order valence-corrected chi connectivity index (χ2v) is 12.1. The third kappa shape index (κ3) is 6.03. The molecule has 42 heavy (non-hydrogen) atoms. The van der Waals surface area contributed by atoms with E-state index in [9.17, 15) is 14.0 Å². The fourth-order valence-electron chi connectivity index (χ4n) is 4.82. The Balaban J connectivity index is 1.53. The molecule has 0 saturated carbocycles. The summed E-state index contributed by atoms with van der Waals surface area (Å²) in [5.41, 5.74) is 3.83. The summed E-state index contributed by atoms with van der Waals surface area (Å²) in [6, 6.07) is 19.2. The summed E-state index contributed by atoms with van der Waals surface area (Å²) in [5.74, 6) is 0.0897. The molecule has 216 valence electrons. The number of carbonyl (C=O) groups is 1. The van der Waals surface area contributed by atoms with E-state index in [-0.39, 0.29) is 24.6 Å². The van der Waals surface area contributed by atoms with Crippen LogP contribution in [0.15, 0.2) is 92.3 Å². The molecular weight excluding hydrogens is 619 g/mol. The van der Waals surface area contributed by atoms with Crippen molar-refractivity contribution in [2.45, 2.75) is 46.3 Å². The Labute approximate surface area is 255 Å². The first kappa shape index (κ1) is 29.7. The van der Waals surface area contributed by atoms with Gasteiger partial charge in [0.05, 0.1) is 32.9 Å². The lowest BCUT2D eigenvalue weighted by molar-refractivity contribution is -0.139. The molecule has 0 bridgehead atoms. The number of nitrogens with zero attached hydrogens (tertiary/aromatic N) is 2. The van der Waals surface area contributed by atoms with Crippen molar-refractivity contribution in [1.82, 2.24) is 4.57 Å². The molecule has 0 saturated heterocycles. The van der Waals surface area contributed by atoms with Gasteiger partial charge >= 0.3 is 5.97 Å². The monoisotopic (exact) mass is 648 g/mol. The summed E-state index contributed by atoms with van der Waals surface area (Å²) in [7, 11) is 0. The molecule has 6 nitrogen and oxygen atoms in total. The molecule has 5 rings (SSSR count). The highest BCUT2D eigenvalue weighted by Crippen LogP contribution is 2.32. The van der Waals surface area contributed by atoms with E-state index in [1.165, 1.54) is 17.4 Å². The number of allylic oxidation sites excluding steroid dienone is 1. The normalized spacial score (nSPS) is 15.0. The number of carbonyl (C=O) groups excluding carboxylic acids is 1. The second-order valence-electron chi connectivity index (χ2n) is 10.2. The van der Waals surface area contributed by atoms with Gasteiger partial charge in [-0.2, -0.15) is 0 Å². The topological polar surface area (TPSA) is 69.9 Å². The van der Waals surface area contributed by atoms with E-state index < -0.39 is 12.0 Å². The minimum Gasteiger partial charge on any atom is -0.488 e. The van der Waals surface area contributed by atoms with Gasteiger partial charge in [0.25, 0.3) is 5.56 Å². The first-order valence-corrected chi connectivity index (χ1v) is 15.2. The molecular formula is C33H30BrFN2O4S. The minimum absolute atomic E-state index is 0.0868. The highest BCUT2D eigenvalue weighted by atomic mass is 79.9. The Kier molecular flexibility index (Phi) is 8.89. The average Bonchev–Trinajstić information content (AvgIpc) is 3.26. The van der Waals surface area contributed by atoms with Crippen LogP contribution in [0.25, 0.3) is 6.08 Å². The van der Waals surface area contributed by atoms with E-state index in [0.29, 0.717) is 42.3 Å². The van der Waals surface area contributed by atoms with Gasteiger partial charge in [0.2, 0.25) is 0 Å². The standard InChI is InChI=1S/C33H30BrFN2O4S/c1-5-40-32(39)29-20(4)36-33-37(30(29)23-13-11-22(12-14-23)19(2)3)31(38)28(42-33)17-21-10-15-27(25(34)16-21)41-18-24-8-6-7-9-26(24)35/h6-17,19,30H,5,18H2,1-4H3/t30-/m0/s1. The maximum atomic E-state index is 14.0. The molecule has 2 heterocycles. The maximum Gasteiger partial charge on any atom is 0.338 e. The van der Waals surface area contributed by atoms with Crippen LogP contribution in [0, 0.1) is 5.82 Å². The number of thiazole rings is 1. The van der Waals surface area contributed by atoms with Crippen molar-refractivity contribution >= 4 is 39.3 Å². The summed E-state index contributed by atoms with van der Waals surface area (Å²) in [6.07, 6.45) is 1.79. The van der Waals surface area contributed by atoms with E-state index in [2.05, 4.69) is 34.8 Å². The molecule has 1 aromatic heterocycles. The van der Waals surface area contributed by atoms with Gasteiger partial charge in [0.1, 0.15) is 18.2 Å². The zero-order chi connectivity index (χ0) is 30.0. The lowest BCUT2D eigenvalue weighted by Gasteiger charge is -2.25. The van der Waals surface area contributed by atoms with E-state index in [1.807, 2.05) is 36.4 Å². The van der Waals surface area contributed by atoms with Crippen molar-refractivity contribution in [3.63, 3.8) is 0 Å². The SMILES string of the molecule is CCOC(=O)C1=C(C)N=c2sc(=Cc3ccc(OCc4ccccc4F)c(Br)c3)c(=O)n2[C@H]1c1ccc(C(C)C)cc1. The van der Waals surface area contributed by atoms with Gasteiger partial charge in [0.15, 0.2) is 4.80 Å². The summed E-state index contributed by atoms with van der Waals surface area (Å²) >= 11 is 4.80. The largest absolute Gasteiger partial charge is 0.488 e. The lowest BCUT2D eigenvalue weighted by Crippen LogP contribution is -2.39. The number of halogens is 2. The van der Waals surface area contributed by atoms with Crippen LogP contribution in [0.4, 0.5) is 4.39 Å². The number of hydrogen-bond donors (Lipinski definition) is 0. The molecule has 0 aliphatic carbocycles. The Morgan fingerprint density at radius 2 is 1.88 bits per heavy atom. The molecule has 0 N–H and O–H groups in total. The molecule has 1 atom stereocenters. The summed E-state index contributed by atoms with van der Waals surface area (Å²) in [4.78, 5) is 32.2. The Bertz CT molecular complexity index is 1860. The van der Waals surface area contributed by atoms with Crippen molar-refractivity contribution in [3.05, 3.63) is 130 Å². The number of ether oxygens (including phenoxy) is 2. The van der Waals surface area contributed by atoms with Crippen LogP contribution >= 0.6 is 27.3 Å². The van der Waals surface area contributed by atoms with Crippen LogP contribution < -0.4 is 19.6 Å². The van der Waals surface area contributed by atoms with Crippen LogP contribution in [0.1, 0.15) is 61.9 Å². The number of esters is 1. The first-order chi connectivity index (χ1) is 20.2. The smallest absolute Gasteiger partial charge is 0.338 e. The number of rotatable bonds is 8. The van der Waals surface area contributed by atoms with Crippen LogP contribution in [0.3, 0.4) is 0 Å². The molecule has 0 radical (unpaired) electrons. The highest BCUT2D eigenvalue weighted by Gasteiger charge is 2.33. The first-order valence-electron chi connectivity index (χ1n) is 13.6. The minimum atomic E-state index is -0.662. The molecule has 0 spiro atoms. The molecule has 1 aliphatic heterocycles. The van der Waals surface area contributed by atoms with Gasteiger partial charge in [-0.25, -0.2) is 14.2 Å². The third-order valence-corrected chi connectivity index (χ3v) is 8.63. The molecule has 3 aromatic carbocycles. The second kappa shape index (κ2) is 12.6. The highest BCUT2D eigenvalue weighted by molar-refractivity contribution is 9.10. The fraction of sp³-hybridized carbons (Fsp3) is 0.242. The summed E-state index contributed by atoms with van der Waals surface area (Å²) in [5, 5.41) is 0. The van der Waals surface area contributed by atoms with Crippen LogP contribution in [0.2, 0.25) is 0 Å². The van der Waals surface area contributed by atoms with Crippen LogP contribution in [-0.4, -0.2) is 17.1 Å². The van der Waals surface area contributed by atoms with Gasteiger partial charge in [-0.1, -0.05) is 73.7 Å². The Morgan fingerprint density at radius 3 is 2.55 bits per heavy atom. The van der Waals surface area contributed by atoms with Crippen molar-refractivity contribution in [3.8, 4) is 5.75 Å². The van der Waals surface area contributed by atoms with Crippen LogP contribution in [-0.2, 0) is 16.1 Å². The van der Waals surface area contributed by atoms with Crippen molar-refractivity contribution in [2.75, 3.05) is 6.61 Å². The Morgan fingerprint density at radius 1 is 1.14 bits per heavy atom. The number of hydrogen-bond acceptors (Lipinski definition) is 6. The number of benzene rings is 3. The van der Waals surface area contributed by atoms with E-state index in [1.54, 1.807) is 48.8 Å². The average molecular weight is 650 g/mol. The zero-order valence-electron chi connectivity index (χ0n) is 23.7. The van der Waals surface area contributed by atoms with Gasteiger partial charge in [-0.15, -0.1) is 0 Å². The van der Waals surface area contributed by atoms with E-state index >= 15 is 0 Å². The van der Waals surface area contributed by atoms with Gasteiger partial charge < -0.3 is 9.47 Å². The molecule has 1 aliphatic rings. The molecule has 9 heteroatoms. The van der Waals surface area contributed by atoms with Crippen molar-refractivity contribution in [2.24, 2.45) is 4.99 Å². The number of aromatic nitrogens is 1. The molecule has 0 fully saturated rings. The van der Waals surface area contributed by atoms with Gasteiger partial charge in [-0.3, -0.25) is 9.36 Å². The van der Waals surface area contributed by atoms with Gasteiger partial charge in [0, 0.05) is 5.56 Å². The summed E-state index contributed by atoms with van der Waals surface area (Å²) < 4.78 is 27.9. The Hall–Kier alpha value is -3.82. The van der Waals surface area contributed by atoms with E-state index in [0.717, 1.165) is 16.7 Å². The van der Waals surface area contributed by atoms with Gasteiger partial charge in [-0.05, 0) is 76.7 Å². The third-order valence-electron chi connectivity index (χ3n) is 7.03. The van der Waals surface area contributed by atoms with Crippen molar-refractivity contribution in [1.29, 1.82) is 0 Å². The summed E-state index contributed by atoms with van der Waals surface area (Å²) in [6.45, 7) is 8.07. The molecule has 0 amide bonds. The lowest BCUT2D eigenvalue weighted by atomic mass is 9.93. The van der Waals surface area contributed by atoms with Crippen molar-refractivity contribution < 1.29 is 18.7 Å². The fourth-order valence-corrected chi connectivity index (χ4v) is 6.37. The van der Waals surface area contributed by atoms with Crippen LogP contribution in [0.5, 0.6) is 5.75 Å². The zero-order valence-corrected chi connectivity index (χ0v) is 26.1. The maximum absolute atomic E-state index is 14.0. The predicted octanol–water partition coefficient (Wildman–Crippen LogP) is 6.40. The molecule has 4 aromatic rings. The predicted molar refractivity (Wildman–Crippen MR) is 166 cm³/mol. The van der Waals surface area contributed by atoms with E-state index in [4.69, 9.17) is 9.47 Å². The molecule has 0 unspecified atom stereocenters. The quantitative estimate of drug-likeness (QED) is 0.207.